The van der Waals surface area contributed by atoms with Crippen LogP contribution in [0.4, 0.5) is 5.82 Å². The summed E-state index contributed by atoms with van der Waals surface area (Å²) in [5.74, 6) is 0.826. The Kier molecular flexibility index (Phi) is 2.83. The van der Waals surface area contributed by atoms with Crippen molar-refractivity contribution in [1.29, 1.82) is 0 Å². The second-order valence-corrected chi connectivity index (χ2v) is 4.92. The van der Waals surface area contributed by atoms with E-state index in [0.29, 0.717) is 5.65 Å². The molecule has 1 aliphatic rings. The van der Waals surface area contributed by atoms with Crippen LogP contribution in [-0.2, 0) is 0 Å². The molecule has 0 radical (unpaired) electrons. The molecular weight excluding hydrogens is 228 g/mol. The quantitative estimate of drug-likeness (QED) is 0.836. The van der Waals surface area contributed by atoms with E-state index < -0.39 is 0 Å². The van der Waals surface area contributed by atoms with Crippen LogP contribution in [0.3, 0.4) is 0 Å². The largest absolute Gasteiger partial charge is 0.396 e. The van der Waals surface area contributed by atoms with Crippen molar-refractivity contribution in [3.05, 3.63) is 24.5 Å². The Morgan fingerprint density at radius 3 is 2.83 bits per heavy atom. The van der Waals surface area contributed by atoms with Gasteiger partial charge in [0.25, 0.3) is 0 Å². The van der Waals surface area contributed by atoms with Gasteiger partial charge in [-0.1, -0.05) is 0 Å². The molecule has 2 heterocycles. The Morgan fingerprint density at radius 2 is 2.06 bits per heavy atom. The molecule has 0 aromatic carbocycles. The fourth-order valence-electron chi connectivity index (χ4n) is 2.16. The molecule has 2 aromatic rings. The predicted molar refractivity (Wildman–Crippen MR) is 69.2 cm³/mol. The summed E-state index contributed by atoms with van der Waals surface area (Å²) >= 11 is 0. The van der Waals surface area contributed by atoms with Crippen LogP contribution in [0.2, 0.25) is 0 Å². The molecule has 2 aromatic heterocycles. The third-order valence-corrected chi connectivity index (χ3v) is 3.58. The van der Waals surface area contributed by atoms with Crippen molar-refractivity contribution >= 4 is 17.0 Å². The molecule has 0 unspecified atom stereocenters. The molecule has 5 heteroatoms. The van der Waals surface area contributed by atoms with Gasteiger partial charge >= 0.3 is 0 Å². The maximum absolute atomic E-state index is 9.02. The molecule has 0 aliphatic heterocycles. The Bertz CT molecular complexity index is 553. The van der Waals surface area contributed by atoms with Crippen LogP contribution in [0.5, 0.6) is 0 Å². The number of rotatable bonds is 5. The first-order chi connectivity index (χ1) is 8.81. The van der Waals surface area contributed by atoms with E-state index in [-0.39, 0.29) is 12.0 Å². The van der Waals surface area contributed by atoms with Crippen LogP contribution in [0.25, 0.3) is 11.2 Å². The van der Waals surface area contributed by atoms with Crippen molar-refractivity contribution in [2.24, 2.45) is 5.41 Å². The lowest BCUT2D eigenvalue weighted by atomic mass is 10.0. The fraction of sp³-hybridized carbons (Fsp3) is 0.462. The van der Waals surface area contributed by atoms with Crippen molar-refractivity contribution in [3.8, 4) is 0 Å². The summed E-state index contributed by atoms with van der Waals surface area (Å²) in [6, 6.07) is 3.84. The van der Waals surface area contributed by atoms with E-state index in [0.717, 1.165) is 24.3 Å². The van der Waals surface area contributed by atoms with Crippen molar-refractivity contribution in [1.82, 2.24) is 15.0 Å². The van der Waals surface area contributed by atoms with Crippen molar-refractivity contribution in [2.75, 3.05) is 18.5 Å². The van der Waals surface area contributed by atoms with Gasteiger partial charge in [-0.15, -0.1) is 0 Å². The third-order valence-electron chi connectivity index (χ3n) is 3.58. The molecule has 0 bridgehead atoms. The molecule has 2 N–H and O–H groups in total. The molecule has 0 atom stereocenters. The van der Waals surface area contributed by atoms with Gasteiger partial charge in [0.2, 0.25) is 0 Å². The average molecular weight is 244 g/mol. The van der Waals surface area contributed by atoms with Crippen LogP contribution in [0.1, 0.15) is 19.3 Å². The van der Waals surface area contributed by atoms with E-state index in [1.807, 2.05) is 12.1 Å². The molecule has 0 saturated heterocycles. The van der Waals surface area contributed by atoms with Gasteiger partial charge in [-0.3, -0.25) is 4.98 Å². The first-order valence-electron chi connectivity index (χ1n) is 6.24. The van der Waals surface area contributed by atoms with E-state index in [1.54, 1.807) is 12.4 Å². The average Bonchev–Trinajstić information content (AvgIpc) is 3.17. The SMILES string of the molecule is OCCC1(CNc2ccc3nccnc3n2)CC1. The molecule has 1 aliphatic carbocycles. The van der Waals surface area contributed by atoms with Crippen LogP contribution in [0.15, 0.2) is 24.5 Å². The standard InChI is InChI=1S/C13H16N4O/c18-8-5-13(3-4-13)9-16-11-2-1-10-12(17-11)15-7-6-14-10/h1-2,6-7,18H,3-5,8-9H2,(H,15,16,17). The topological polar surface area (TPSA) is 70.9 Å². The Balaban J connectivity index is 1.71. The van der Waals surface area contributed by atoms with Gasteiger partial charge in [0.15, 0.2) is 5.65 Å². The monoisotopic (exact) mass is 244 g/mol. The summed E-state index contributed by atoms with van der Waals surface area (Å²) in [6.07, 6.45) is 6.56. The highest BCUT2D eigenvalue weighted by Gasteiger charge is 2.41. The number of aromatic nitrogens is 3. The minimum Gasteiger partial charge on any atom is -0.396 e. The van der Waals surface area contributed by atoms with E-state index in [2.05, 4.69) is 20.3 Å². The molecule has 5 nitrogen and oxygen atoms in total. The summed E-state index contributed by atoms with van der Waals surface area (Å²) in [5, 5.41) is 12.4. The summed E-state index contributed by atoms with van der Waals surface area (Å²) in [6.45, 7) is 1.13. The van der Waals surface area contributed by atoms with Crippen molar-refractivity contribution in [2.45, 2.75) is 19.3 Å². The number of aliphatic hydroxyl groups excluding tert-OH is 1. The van der Waals surface area contributed by atoms with Gasteiger partial charge in [0, 0.05) is 25.5 Å². The molecule has 1 fully saturated rings. The number of anilines is 1. The number of fused-ring (bicyclic) bond motifs is 1. The number of nitrogens with zero attached hydrogens (tertiary/aromatic N) is 3. The zero-order chi connectivity index (χ0) is 12.4. The highest BCUT2D eigenvalue weighted by molar-refractivity contribution is 5.71. The summed E-state index contributed by atoms with van der Waals surface area (Å²) in [5.41, 5.74) is 1.75. The van der Waals surface area contributed by atoms with E-state index in [9.17, 15) is 0 Å². The Morgan fingerprint density at radius 1 is 1.22 bits per heavy atom. The first-order valence-corrected chi connectivity index (χ1v) is 6.24. The Hall–Kier alpha value is -1.75. The zero-order valence-electron chi connectivity index (χ0n) is 10.1. The first kappa shape index (κ1) is 11.3. The predicted octanol–water partition coefficient (Wildman–Crippen LogP) is 1.60. The molecular formula is C13H16N4O. The number of hydrogen-bond donors (Lipinski definition) is 2. The van der Waals surface area contributed by atoms with Crippen LogP contribution in [-0.4, -0.2) is 33.2 Å². The van der Waals surface area contributed by atoms with E-state index in [1.165, 1.54) is 12.8 Å². The van der Waals surface area contributed by atoms with Gasteiger partial charge < -0.3 is 10.4 Å². The molecule has 1 saturated carbocycles. The second kappa shape index (κ2) is 4.49. The minimum absolute atomic E-state index is 0.262. The van der Waals surface area contributed by atoms with Gasteiger partial charge in [-0.05, 0) is 36.8 Å². The summed E-state index contributed by atoms with van der Waals surface area (Å²) in [4.78, 5) is 12.8. The number of hydrogen-bond acceptors (Lipinski definition) is 5. The lowest BCUT2D eigenvalue weighted by Gasteiger charge is -2.14. The van der Waals surface area contributed by atoms with E-state index >= 15 is 0 Å². The van der Waals surface area contributed by atoms with Crippen molar-refractivity contribution in [3.63, 3.8) is 0 Å². The van der Waals surface area contributed by atoms with E-state index in [4.69, 9.17) is 5.11 Å². The number of pyridine rings is 1. The van der Waals surface area contributed by atoms with Gasteiger partial charge in [-0.25, -0.2) is 9.97 Å². The lowest BCUT2D eigenvalue weighted by Crippen LogP contribution is -2.17. The maximum Gasteiger partial charge on any atom is 0.180 e. The molecule has 0 amide bonds. The maximum atomic E-state index is 9.02. The smallest absolute Gasteiger partial charge is 0.180 e. The lowest BCUT2D eigenvalue weighted by molar-refractivity contribution is 0.253. The van der Waals surface area contributed by atoms with Gasteiger partial charge in [0.05, 0.1) is 0 Å². The third kappa shape index (κ3) is 2.26. The zero-order valence-corrected chi connectivity index (χ0v) is 10.1. The van der Waals surface area contributed by atoms with Gasteiger partial charge in [-0.2, -0.15) is 0 Å². The summed E-state index contributed by atoms with van der Waals surface area (Å²) < 4.78 is 0. The molecule has 18 heavy (non-hydrogen) atoms. The highest BCUT2D eigenvalue weighted by atomic mass is 16.3. The fourth-order valence-corrected chi connectivity index (χ4v) is 2.16. The minimum atomic E-state index is 0.262. The van der Waals surface area contributed by atoms with Crippen LogP contribution < -0.4 is 5.32 Å². The Labute approximate surface area is 105 Å². The second-order valence-electron chi connectivity index (χ2n) is 4.92. The molecule has 0 spiro atoms. The van der Waals surface area contributed by atoms with Crippen LogP contribution >= 0.6 is 0 Å². The van der Waals surface area contributed by atoms with Crippen LogP contribution in [0, 0.1) is 5.41 Å². The summed E-state index contributed by atoms with van der Waals surface area (Å²) in [7, 11) is 0. The van der Waals surface area contributed by atoms with Gasteiger partial charge in [0.1, 0.15) is 11.3 Å². The highest BCUT2D eigenvalue weighted by Crippen LogP contribution is 2.48. The normalized spacial score (nSPS) is 16.7. The molecule has 94 valence electrons. The molecule has 3 rings (SSSR count). The number of nitrogens with one attached hydrogen (secondary N) is 1. The number of aliphatic hydroxyl groups is 1. The van der Waals surface area contributed by atoms with Crippen molar-refractivity contribution < 1.29 is 5.11 Å².